The number of rotatable bonds is 2. The van der Waals surface area contributed by atoms with E-state index in [9.17, 15) is 0 Å². The molecule has 0 amide bonds. The second kappa shape index (κ2) is 23.2. The number of hydrogen-bond acceptors (Lipinski definition) is 2. The molecule has 3 heteroatoms. The van der Waals surface area contributed by atoms with Gasteiger partial charge in [-0.1, -0.05) is 106 Å². The first kappa shape index (κ1) is 47.2. The first-order valence-corrected chi connectivity index (χ1v) is 14.8. The van der Waals surface area contributed by atoms with Gasteiger partial charge in [0.2, 0.25) is 0 Å². The van der Waals surface area contributed by atoms with Gasteiger partial charge in [-0.15, -0.1) is 11.6 Å². The van der Waals surface area contributed by atoms with Crippen molar-refractivity contribution in [2.75, 3.05) is 13.7 Å². The van der Waals surface area contributed by atoms with E-state index in [2.05, 4.69) is 114 Å². The van der Waals surface area contributed by atoms with Crippen LogP contribution in [0.3, 0.4) is 0 Å². The summed E-state index contributed by atoms with van der Waals surface area (Å²) in [6.07, 6.45) is 1.27. The molecule has 0 saturated heterocycles. The third-order valence-electron chi connectivity index (χ3n) is 3.72. The van der Waals surface area contributed by atoms with Crippen LogP contribution in [0, 0.1) is 10.8 Å². The molecular formula is C35H73ClO2. The first-order valence-electron chi connectivity index (χ1n) is 14.4. The monoisotopic (exact) mass is 561 g/mol. The number of alkyl halides is 1. The lowest BCUT2D eigenvalue weighted by Crippen LogP contribution is -2.18. The topological polar surface area (TPSA) is 18.5 Å². The summed E-state index contributed by atoms with van der Waals surface area (Å²) in [5, 5.41) is 0. The minimum atomic E-state index is -0.0278. The van der Waals surface area contributed by atoms with Gasteiger partial charge >= 0.3 is 0 Å². The predicted molar refractivity (Wildman–Crippen MR) is 179 cm³/mol. The van der Waals surface area contributed by atoms with Crippen LogP contribution in [0.1, 0.15) is 156 Å². The fourth-order valence-electron chi connectivity index (χ4n) is 1.27. The Hall–Kier alpha value is -0.570. The van der Waals surface area contributed by atoms with Crippen molar-refractivity contribution < 1.29 is 9.47 Å². The smallest absolute Gasteiger partial charge is 0.0598 e. The number of halogens is 1. The molecule has 0 heterocycles. The van der Waals surface area contributed by atoms with Gasteiger partial charge in [0.15, 0.2) is 0 Å². The van der Waals surface area contributed by atoms with E-state index >= 15 is 0 Å². The van der Waals surface area contributed by atoms with Gasteiger partial charge in [0.05, 0.1) is 11.2 Å². The maximum absolute atomic E-state index is 5.53. The maximum atomic E-state index is 5.53. The summed E-state index contributed by atoms with van der Waals surface area (Å²) >= 11 is 5.53. The van der Waals surface area contributed by atoms with Crippen molar-refractivity contribution in [2.45, 2.75) is 167 Å². The maximum Gasteiger partial charge on any atom is 0.0598 e. The summed E-state index contributed by atoms with van der Waals surface area (Å²) in [4.78, 5) is -0.0278. The third-order valence-corrected chi connectivity index (χ3v) is 3.72. The van der Waals surface area contributed by atoms with Gasteiger partial charge in [0.1, 0.15) is 0 Å². The van der Waals surface area contributed by atoms with Gasteiger partial charge in [0, 0.05) is 18.6 Å². The van der Waals surface area contributed by atoms with Crippen LogP contribution in [0.15, 0.2) is 30.3 Å². The second-order valence-corrected chi connectivity index (χ2v) is 16.5. The fourth-order valence-corrected chi connectivity index (χ4v) is 1.27. The van der Waals surface area contributed by atoms with Crippen LogP contribution in [0.2, 0.25) is 0 Å². The number of ether oxygens (including phenoxy) is 2. The first-order chi connectivity index (χ1) is 16.5. The van der Waals surface area contributed by atoms with Crippen molar-refractivity contribution in [3.05, 3.63) is 35.9 Å². The summed E-state index contributed by atoms with van der Waals surface area (Å²) in [6.45, 7) is 43.0. The van der Waals surface area contributed by atoms with E-state index in [1.54, 1.807) is 7.11 Å². The van der Waals surface area contributed by atoms with Crippen LogP contribution in [-0.4, -0.2) is 29.8 Å². The zero-order chi connectivity index (χ0) is 32.0. The van der Waals surface area contributed by atoms with Gasteiger partial charge in [-0.2, -0.15) is 0 Å². The fraction of sp³-hybridized carbons (Fsp3) is 0.829. The standard InChI is InChI=1S/C9H12.C6H14O.C6H14.C5H12O.C5H12.C4H9Cl/c1-8(2)9-6-4-3-5-7-9;1-5-7-6(2,3)4;1-5-6(2,3)4;1-5(2,3)6-4;1-5(2,3)4;1-4(2,3)5/h3-8H,1-2H3;5H2,1-4H3;5H2,1-4H3;1-4H3;1-4H3;1-3H3. The summed E-state index contributed by atoms with van der Waals surface area (Å²) in [6, 6.07) is 10.5. The molecule has 0 unspecified atom stereocenters. The molecule has 0 saturated carbocycles. The van der Waals surface area contributed by atoms with Crippen LogP contribution in [-0.2, 0) is 9.47 Å². The van der Waals surface area contributed by atoms with E-state index < -0.39 is 0 Å². The third kappa shape index (κ3) is 91.5. The molecule has 0 radical (unpaired) electrons. The molecule has 0 spiro atoms. The Kier molecular flexibility index (Phi) is 28.8. The van der Waals surface area contributed by atoms with E-state index in [-0.39, 0.29) is 16.1 Å². The zero-order valence-electron chi connectivity index (χ0n) is 30.1. The Morgan fingerprint density at radius 3 is 1.00 bits per heavy atom. The predicted octanol–water partition coefficient (Wildman–Crippen LogP) is 12.6. The van der Waals surface area contributed by atoms with E-state index in [0.717, 1.165) is 6.61 Å². The second-order valence-electron chi connectivity index (χ2n) is 15.4. The van der Waals surface area contributed by atoms with Gasteiger partial charge in [0.25, 0.3) is 0 Å². The van der Waals surface area contributed by atoms with Crippen molar-refractivity contribution in [3.63, 3.8) is 0 Å². The van der Waals surface area contributed by atoms with Crippen LogP contribution in [0.25, 0.3) is 0 Å². The van der Waals surface area contributed by atoms with Crippen molar-refractivity contribution in [1.29, 1.82) is 0 Å². The molecule has 0 aliphatic carbocycles. The molecule has 0 aliphatic rings. The number of hydrogen-bond donors (Lipinski definition) is 0. The molecule has 1 aromatic rings. The van der Waals surface area contributed by atoms with Gasteiger partial charge in [-0.3, -0.25) is 0 Å². The summed E-state index contributed by atoms with van der Waals surface area (Å²) in [5.41, 5.74) is 2.55. The largest absolute Gasteiger partial charge is 0.379 e. The molecule has 0 atom stereocenters. The molecule has 0 N–H and O–H groups in total. The van der Waals surface area contributed by atoms with Crippen molar-refractivity contribution in [3.8, 4) is 0 Å². The Balaban J connectivity index is -0.000000116. The average Bonchev–Trinajstić information content (AvgIpc) is 2.65. The van der Waals surface area contributed by atoms with E-state index in [0.29, 0.717) is 16.7 Å². The lowest BCUT2D eigenvalue weighted by molar-refractivity contribution is 0.00531. The normalized spacial score (nSPS) is 11.6. The highest BCUT2D eigenvalue weighted by atomic mass is 35.5. The molecule has 232 valence electrons. The van der Waals surface area contributed by atoms with E-state index in [4.69, 9.17) is 21.1 Å². The lowest BCUT2D eigenvalue weighted by Gasteiger charge is -2.17. The van der Waals surface area contributed by atoms with Crippen molar-refractivity contribution >= 4 is 11.6 Å². The minimum Gasteiger partial charge on any atom is -0.379 e. The Bertz CT molecular complexity index is 549. The van der Waals surface area contributed by atoms with Gasteiger partial charge in [-0.25, -0.2) is 0 Å². The van der Waals surface area contributed by atoms with Crippen LogP contribution < -0.4 is 0 Å². The van der Waals surface area contributed by atoms with Crippen LogP contribution in [0.4, 0.5) is 0 Å². The van der Waals surface area contributed by atoms with Crippen LogP contribution in [0.5, 0.6) is 0 Å². The average molecular weight is 561 g/mol. The lowest BCUT2D eigenvalue weighted by atomic mass is 9.94. The summed E-state index contributed by atoms with van der Waals surface area (Å²) in [7, 11) is 1.71. The minimum absolute atomic E-state index is 0.0278. The van der Waals surface area contributed by atoms with Gasteiger partial charge in [-0.05, 0) is 91.5 Å². The molecular weight excluding hydrogens is 488 g/mol. The molecule has 0 aliphatic heterocycles. The Morgan fingerprint density at radius 1 is 0.658 bits per heavy atom. The highest BCUT2D eigenvalue weighted by Crippen LogP contribution is 2.16. The molecule has 1 aromatic carbocycles. The SMILES string of the molecule is CC(C)(C)C.CC(C)(C)Cl.CC(C)c1ccccc1.CCC(C)(C)C.CCOC(C)(C)C.COC(C)(C)C. The summed E-state index contributed by atoms with van der Waals surface area (Å²) < 4.78 is 10.2. The van der Waals surface area contributed by atoms with Crippen molar-refractivity contribution in [1.82, 2.24) is 0 Å². The molecule has 2 nitrogen and oxygen atoms in total. The summed E-state index contributed by atoms with van der Waals surface area (Å²) in [5.74, 6) is 0.659. The van der Waals surface area contributed by atoms with Crippen molar-refractivity contribution in [2.24, 2.45) is 10.8 Å². The highest BCUT2D eigenvalue weighted by Gasteiger charge is 2.06. The Labute approximate surface area is 248 Å². The van der Waals surface area contributed by atoms with E-state index in [1.807, 2.05) is 54.5 Å². The molecule has 0 aromatic heterocycles. The molecule has 0 bridgehead atoms. The number of benzene rings is 1. The Morgan fingerprint density at radius 2 is 0.921 bits per heavy atom. The zero-order valence-corrected chi connectivity index (χ0v) is 30.8. The quantitative estimate of drug-likeness (QED) is 0.335. The number of methoxy groups -OCH3 is 1. The molecule has 1 rings (SSSR count). The molecule has 0 fully saturated rings. The molecule has 38 heavy (non-hydrogen) atoms. The van der Waals surface area contributed by atoms with Crippen LogP contribution >= 0.6 is 11.6 Å². The van der Waals surface area contributed by atoms with E-state index in [1.165, 1.54) is 12.0 Å². The highest BCUT2D eigenvalue weighted by molar-refractivity contribution is 6.23. The van der Waals surface area contributed by atoms with Gasteiger partial charge < -0.3 is 9.47 Å².